The molecule has 0 bridgehead atoms. The van der Waals surface area contributed by atoms with Crippen LogP contribution in [0.25, 0.3) is 0 Å². The van der Waals surface area contributed by atoms with Crippen molar-refractivity contribution in [3.63, 3.8) is 0 Å². The van der Waals surface area contributed by atoms with E-state index in [-0.39, 0.29) is 12.1 Å². The van der Waals surface area contributed by atoms with Crippen molar-refractivity contribution in [3.8, 4) is 0 Å². The summed E-state index contributed by atoms with van der Waals surface area (Å²) in [5.74, 6) is -0.116. The fourth-order valence-corrected chi connectivity index (χ4v) is 1.29. The maximum Gasteiger partial charge on any atom is 0.217 e. The molecule has 1 aromatic rings. The van der Waals surface area contributed by atoms with E-state index in [1.54, 1.807) is 0 Å². The SMILES string of the molecule is CCC(C)(CCO)Nc1cc(F)ncn1. The number of aliphatic hydroxyl groups excluding tert-OH is 1. The fourth-order valence-electron chi connectivity index (χ4n) is 1.29. The summed E-state index contributed by atoms with van der Waals surface area (Å²) in [5, 5.41) is 12.0. The molecule has 1 aromatic heterocycles. The third kappa shape index (κ3) is 3.43. The Morgan fingerprint density at radius 2 is 2.27 bits per heavy atom. The topological polar surface area (TPSA) is 58.0 Å². The Bertz CT molecular complexity index is 321. The van der Waals surface area contributed by atoms with Crippen molar-refractivity contribution in [3.05, 3.63) is 18.3 Å². The predicted molar refractivity (Wildman–Crippen MR) is 56.0 cm³/mol. The monoisotopic (exact) mass is 213 g/mol. The van der Waals surface area contributed by atoms with Gasteiger partial charge in [-0.2, -0.15) is 4.39 Å². The summed E-state index contributed by atoms with van der Waals surface area (Å²) in [7, 11) is 0. The molecule has 0 amide bonds. The van der Waals surface area contributed by atoms with Crippen LogP contribution in [-0.4, -0.2) is 27.2 Å². The zero-order valence-corrected chi connectivity index (χ0v) is 9.00. The van der Waals surface area contributed by atoms with Crippen LogP contribution in [0, 0.1) is 5.95 Å². The van der Waals surface area contributed by atoms with Gasteiger partial charge in [-0.25, -0.2) is 9.97 Å². The number of aliphatic hydroxyl groups is 1. The van der Waals surface area contributed by atoms with Crippen LogP contribution in [0.3, 0.4) is 0 Å². The summed E-state index contributed by atoms with van der Waals surface area (Å²) in [6.45, 7) is 4.05. The van der Waals surface area contributed by atoms with Crippen LogP contribution in [0.2, 0.25) is 0 Å². The molecule has 15 heavy (non-hydrogen) atoms. The summed E-state index contributed by atoms with van der Waals surface area (Å²) in [4.78, 5) is 7.29. The number of anilines is 1. The fraction of sp³-hybridized carbons (Fsp3) is 0.600. The van der Waals surface area contributed by atoms with Gasteiger partial charge >= 0.3 is 0 Å². The molecule has 0 fully saturated rings. The zero-order chi connectivity index (χ0) is 11.3. The minimum absolute atomic E-state index is 0.0882. The third-order valence-corrected chi connectivity index (χ3v) is 2.51. The highest BCUT2D eigenvalue weighted by atomic mass is 19.1. The standard InChI is InChI=1S/C10H16FN3O/c1-3-10(2,4-5-15)14-9-6-8(11)12-7-13-9/h6-7,15H,3-5H2,1-2H3,(H,12,13,14). The maximum atomic E-state index is 12.8. The number of aromatic nitrogens is 2. The summed E-state index contributed by atoms with van der Waals surface area (Å²) < 4.78 is 12.8. The second kappa shape index (κ2) is 5.02. The van der Waals surface area contributed by atoms with Crippen molar-refractivity contribution in [1.29, 1.82) is 0 Å². The molecule has 5 heteroatoms. The lowest BCUT2D eigenvalue weighted by molar-refractivity contribution is 0.251. The molecule has 0 saturated heterocycles. The Kier molecular flexibility index (Phi) is 3.96. The number of hydrogen-bond donors (Lipinski definition) is 2. The highest BCUT2D eigenvalue weighted by Gasteiger charge is 2.21. The molecule has 0 aliphatic rings. The van der Waals surface area contributed by atoms with Crippen LogP contribution < -0.4 is 5.32 Å². The molecule has 1 heterocycles. The summed E-state index contributed by atoms with van der Waals surface area (Å²) >= 11 is 0. The van der Waals surface area contributed by atoms with Crippen LogP contribution in [0.15, 0.2) is 12.4 Å². The molecule has 4 nitrogen and oxygen atoms in total. The highest BCUT2D eigenvalue weighted by molar-refractivity contribution is 5.35. The molecule has 2 N–H and O–H groups in total. The lowest BCUT2D eigenvalue weighted by Crippen LogP contribution is -2.35. The van der Waals surface area contributed by atoms with Gasteiger partial charge in [-0.3, -0.25) is 0 Å². The second-order valence-corrected chi connectivity index (χ2v) is 3.74. The molecule has 1 atom stereocenters. The van der Waals surface area contributed by atoms with Gasteiger partial charge in [0.1, 0.15) is 12.1 Å². The molecule has 84 valence electrons. The number of halogens is 1. The Morgan fingerprint density at radius 3 is 2.80 bits per heavy atom. The summed E-state index contributed by atoms with van der Waals surface area (Å²) in [6.07, 6.45) is 2.58. The molecule has 0 saturated carbocycles. The van der Waals surface area contributed by atoms with E-state index < -0.39 is 5.95 Å². The molecular formula is C10H16FN3O. The van der Waals surface area contributed by atoms with Gasteiger partial charge in [-0.05, 0) is 19.8 Å². The smallest absolute Gasteiger partial charge is 0.217 e. The Morgan fingerprint density at radius 1 is 1.53 bits per heavy atom. The normalized spacial score (nSPS) is 14.7. The average molecular weight is 213 g/mol. The van der Waals surface area contributed by atoms with Crippen molar-refractivity contribution in [2.45, 2.75) is 32.2 Å². The quantitative estimate of drug-likeness (QED) is 0.729. The van der Waals surface area contributed by atoms with Crippen molar-refractivity contribution < 1.29 is 9.50 Å². The first-order valence-electron chi connectivity index (χ1n) is 4.96. The minimum Gasteiger partial charge on any atom is -0.396 e. The first-order chi connectivity index (χ1) is 7.09. The molecule has 1 unspecified atom stereocenters. The Hall–Kier alpha value is -1.23. The number of nitrogens with zero attached hydrogens (tertiary/aromatic N) is 2. The summed E-state index contributed by atoms with van der Waals surface area (Å²) in [5.41, 5.74) is -0.268. The van der Waals surface area contributed by atoms with Crippen LogP contribution in [0.1, 0.15) is 26.7 Å². The Balaban J connectivity index is 2.74. The van der Waals surface area contributed by atoms with Gasteiger partial charge in [-0.15, -0.1) is 0 Å². The van der Waals surface area contributed by atoms with Crippen LogP contribution in [-0.2, 0) is 0 Å². The van der Waals surface area contributed by atoms with E-state index in [1.165, 1.54) is 12.4 Å². The van der Waals surface area contributed by atoms with Gasteiger partial charge in [0.15, 0.2) is 0 Å². The molecule has 0 spiro atoms. The molecule has 0 aliphatic carbocycles. The second-order valence-electron chi connectivity index (χ2n) is 3.74. The van der Waals surface area contributed by atoms with Crippen molar-refractivity contribution >= 4 is 5.82 Å². The number of nitrogens with one attached hydrogen (secondary N) is 1. The number of rotatable bonds is 5. The van der Waals surface area contributed by atoms with Crippen molar-refractivity contribution in [2.24, 2.45) is 0 Å². The first-order valence-corrected chi connectivity index (χ1v) is 4.96. The van der Waals surface area contributed by atoms with Gasteiger partial charge in [0.25, 0.3) is 0 Å². The first kappa shape index (κ1) is 11.8. The van der Waals surface area contributed by atoms with Gasteiger partial charge in [0.2, 0.25) is 5.95 Å². The molecule has 0 radical (unpaired) electrons. The average Bonchev–Trinajstić information content (AvgIpc) is 2.18. The van der Waals surface area contributed by atoms with E-state index in [9.17, 15) is 4.39 Å². The van der Waals surface area contributed by atoms with E-state index in [0.717, 1.165) is 6.42 Å². The van der Waals surface area contributed by atoms with E-state index in [1.807, 2.05) is 13.8 Å². The van der Waals surface area contributed by atoms with Gasteiger partial charge in [-0.1, -0.05) is 6.92 Å². The van der Waals surface area contributed by atoms with Crippen molar-refractivity contribution in [2.75, 3.05) is 11.9 Å². The number of hydrogen-bond acceptors (Lipinski definition) is 4. The highest BCUT2D eigenvalue weighted by Crippen LogP contribution is 2.19. The zero-order valence-electron chi connectivity index (χ0n) is 9.00. The van der Waals surface area contributed by atoms with Crippen molar-refractivity contribution in [1.82, 2.24) is 9.97 Å². The molecule has 0 aliphatic heterocycles. The summed E-state index contributed by atoms with van der Waals surface area (Å²) in [6, 6.07) is 1.24. The molecule has 1 rings (SSSR count). The van der Waals surface area contributed by atoms with E-state index in [2.05, 4.69) is 15.3 Å². The predicted octanol–water partition coefficient (Wildman–Crippen LogP) is 1.58. The van der Waals surface area contributed by atoms with Gasteiger partial charge in [0.05, 0.1) is 0 Å². The lowest BCUT2D eigenvalue weighted by atomic mass is 9.95. The molecular weight excluding hydrogens is 197 g/mol. The van der Waals surface area contributed by atoms with E-state index in [4.69, 9.17) is 5.11 Å². The lowest BCUT2D eigenvalue weighted by Gasteiger charge is -2.29. The van der Waals surface area contributed by atoms with Crippen LogP contribution in [0.5, 0.6) is 0 Å². The largest absolute Gasteiger partial charge is 0.396 e. The van der Waals surface area contributed by atoms with E-state index in [0.29, 0.717) is 12.2 Å². The molecule has 0 aromatic carbocycles. The Labute approximate surface area is 88.6 Å². The van der Waals surface area contributed by atoms with Crippen LogP contribution >= 0.6 is 0 Å². The van der Waals surface area contributed by atoms with Gasteiger partial charge in [0, 0.05) is 18.2 Å². The van der Waals surface area contributed by atoms with Gasteiger partial charge < -0.3 is 10.4 Å². The van der Waals surface area contributed by atoms with E-state index >= 15 is 0 Å². The van der Waals surface area contributed by atoms with Crippen LogP contribution in [0.4, 0.5) is 10.2 Å². The third-order valence-electron chi connectivity index (χ3n) is 2.51. The maximum absolute atomic E-state index is 12.8. The minimum atomic E-state index is -0.560.